The molecule has 0 aromatic rings. The molecule has 2 aliphatic rings. The quantitative estimate of drug-likeness (QED) is 0.705. The Hall–Kier alpha value is -0.660. The van der Waals surface area contributed by atoms with Crippen LogP contribution >= 0.6 is 0 Å². The number of likely N-dealkylation sites (tertiary alicyclic amines) is 1. The minimum Gasteiger partial charge on any atom is -0.480 e. The van der Waals surface area contributed by atoms with E-state index in [4.69, 9.17) is 5.11 Å². The van der Waals surface area contributed by atoms with Crippen molar-refractivity contribution in [3.63, 3.8) is 0 Å². The Kier molecular flexibility index (Phi) is 3.70. The smallest absolute Gasteiger partial charge is 0.320 e. The van der Waals surface area contributed by atoms with E-state index in [0.29, 0.717) is 6.04 Å². The van der Waals surface area contributed by atoms with Gasteiger partial charge in [-0.1, -0.05) is 0 Å². The highest BCUT2D eigenvalue weighted by molar-refractivity contribution is 7.90. The molecular weight excluding hydrogens is 244 g/mol. The molecule has 2 N–H and O–H groups in total. The number of piperidine rings is 1. The number of carbonyl (C=O) groups is 1. The first-order valence-corrected chi connectivity index (χ1v) is 7.57. The van der Waals surface area contributed by atoms with Crippen LogP contribution in [-0.2, 0) is 14.8 Å². The average molecular weight is 262 g/mol. The Balaban J connectivity index is 1.78. The van der Waals surface area contributed by atoms with Crippen molar-refractivity contribution in [2.24, 2.45) is 0 Å². The highest BCUT2D eigenvalue weighted by atomic mass is 32.2. The molecule has 6 nitrogen and oxygen atoms in total. The maximum atomic E-state index is 11.4. The number of carboxylic acid groups (broad SMARTS) is 1. The van der Waals surface area contributed by atoms with Gasteiger partial charge in [0, 0.05) is 12.1 Å². The van der Waals surface area contributed by atoms with Crippen LogP contribution in [0.25, 0.3) is 0 Å². The largest absolute Gasteiger partial charge is 0.480 e. The van der Waals surface area contributed by atoms with E-state index in [1.54, 1.807) is 0 Å². The van der Waals surface area contributed by atoms with Crippen LogP contribution in [0.5, 0.6) is 0 Å². The Morgan fingerprint density at radius 3 is 2.29 bits per heavy atom. The fraction of sp³-hybridized carbons (Fsp3) is 0.900. The SMILES string of the molecule is O=C(O)CS(=O)(=O)NC1CCN(C2CC2)CC1. The lowest BCUT2D eigenvalue weighted by molar-refractivity contribution is -0.134. The van der Waals surface area contributed by atoms with Gasteiger partial charge in [-0.15, -0.1) is 0 Å². The monoisotopic (exact) mass is 262 g/mol. The fourth-order valence-electron chi connectivity index (χ4n) is 2.28. The molecule has 0 aromatic carbocycles. The maximum Gasteiger partial charge on any atom is 0.320 e. The van der Waals surface area contributed by atoms with Crippen molar-refractivity contribution in [2.75, 3.05) is 18.8 Å². The molecule has 1 saturated heterocycles. The molecule has 1 aliphatic carbocycles. The van der Waals surface area contributed by atoms with Crippen LogP contribution < -0.4 is 4.72 Å². The lowest BCUT2D eigenvalue weighted by atomic mass is 10.1. The molecule has 7 heteroatoms. The zero-order valence-corrected chi connectivity index (χ0v) is 10.4. The molecule has 0 radical (unpaired) electrons. The summed E-state index contributed by atoms with van der Waals surface area (Å²) in [7, 11) is -3.67. The average Bonchev–Trinajstić information content (AvgIpc) is 2.99. The van der Waals surface area contributed by atoms with Crippen LogP contribution in [0.3, 0.4) is 0 Å². The third-order valence-electron chi connectivity index (χ3n) is 3.25. The van der Waals surface area contributed by atoms with Crippen molar-refractivity contribution < 1.29 is 18.3 Å². The second kappa shape index (κ2) is 4.91. The summed E-state index contributed by atoms with van der Waals surface area (Å²) in [5, 5.41) is 8.47. The molecule has 0 aromatic heterocycles. The minimum atomic E-state index is -3.67. The molecule has 0 amide bonds. The van der Waals surface area contributed by atoms with E-state index in [2.05, 4.69) is 9.62 Å². The second-order valence-electron chi connectivity index (χ2n) is 4.81. The molecule has 1 heterocycles. The van der Waals surface area contributed by atoms with Gasteiger partial charge in [-0.05, 0) is 38.8 Å². The third kappa shape index (κ3) is 3.93. The zero-order valence-electron chi connectivity index (χ0n) is 9.63. The van der Waals surface area contributed by atoms with E-state index in [1.807, 2.05) is 0 Å². The second-order valence-corrected chi connectivity index (χ2v) is 6.57. The topological polar surface area (TPSA) is 86.7 Å². The zero-order chi connectivity index (χ0) is 12.5. The Bertz CT molecular complexity index is 383. The van der Waals surface area contributed by atoms with E-state index >= 15 is 0 Å². The van der Waals surface area contributed by atoms with Gasteiger partial charge >= 0.3 is 5.97 Å². The summed E-state index contributed by atoms with van der Waals surface area (Å²) >= 11 is 0. The summed E-state index contributed by atoms with van der Waals surface area (Å²) in [6, 6.07) is 0.612. The van der Waals surface area contributed by atoms with Gasteiger partial charge in [0.15, 0.2) is 5.75 Å². The highest BCUT2D eigenvalue weighted by Gasteiger charge is 2.32. The summed E-state index contributed by atoms with van der Waals surface area (Å²) in [4.78, 5) is 12.8. The molecular formula is C10H18N2O4S. The number of hydrogen-bond donors (Lipinski definition) is 2. The van der Waals surface area contributed by atoms with Crippen molar-refractivity contribution in [1.82, 2.24) is 9.62 Å². The summed E-state index contributed by atoms with van der Waals surface area (Å²) in [5.74, 6) is -2.15. The standard InChI is InChI=1S/C10H18N2O4S/c13-10(14)7-17(15,16)11-8-3-5-12(6-4-8)9-1-2-9/h8-9,11H,1-7H2,(H,13,14). The predicted molar refractivity (Wildman–Crippen MR) is 62.2 cm³/mol. The van der Waals surface area contributed by atoms with Gasteiger partial charge in [-0.3, -0.25) is 4.79 Å². The summed E-state index contributed by atoms with van der Waals surface area (Å²) in [6.07, 6.45) is 4.06. The molecule has 1 saturated carbocycles. The number of nitrogens with zero attached hydrogens (tertiary/aromatic N) is 1. The Labute approximate surface area is 101 Å². The molecule has 98 valence electrons. The molecule has 0 unspecified atom stereocenters. The van der Waals surface area contributed by atoms with Crippen LogP contribution in [-0.4, -0.2) is 55.3 Å². The molecule has 0 spiro atoms. The van der Waals surface area contributed by atoms with Gasteiger partial charge in [0.1, 0.15) is 0 Å². The van der Waals surface area contributed by atoms with Gasteiger partial charge in [-0.2, -0.15) is 0 Å². The first-order chi connectivity index (χ1) is 7.96. The van der Waals surface area contributed by atoms with Gasteiger partial charge in [0.25, 0.3) is 0 Å². The van der Waals surface area contributed by atoms with Gasteiger partial charge in [0.05, 0.1) is 0 Å². The molecule has 0 bridgehead atoms. The number of hydrogen-bond acceptors (Lipinski definition) is 4. The highest BCUT2D eigenvalue weighted by Crippen LogP contribution is 2.29. The van der Waals surface area contributed by atoms with Crippen molar-refractivity contribution in [3.05, 3.63) is 0 Å². The Morgan fingerprint density at radius 2 is 1.82 bits per heavy atom. The normalized spacial score (nSPS) is 23.8. The lowest BCUT2D eigenvalue weighted by Gasteiger charge is -2.32. The number of carboxylic acids is 1. The van der Waals surface area contributed by atoms with E-state index < -0.39 is 21.7 Å². The summed E-state index contributed by atoms with van der Waals surface area (Å²) < 4.78 is 25.3. The van der Waals surface area contributed by atoms with E-state index in [0.717, 1.165) is 25.9 Å². The first-order valence-electron chi connectivity index (χ1n) is 5.92. The van der Waals surface area contributed by atoms with Crippen LogP contribution in [0.2, 0.25) is 0 Å². The van der Waals surface area contributed by atoms with E-state index in [9.17, 15) is 13.2 Å². The first kappa shape index (κ1) is 12.8. The van der Waals surface area contributed by atoms with Crippen LogP contribution in [0.4, 0.5) is 0 Å². The molecule has 2 fully saturated rings. The molecule has 1 aliphatic heterocycles. The predicted octanol–water partition coefficient (Wildman–Crippen LogP) is -0.383. The van der Waals surface area contributed by atoms with Crippen LogP contribution in [0.1, 0.15) is 25.7 Å². The third-order valence-corrected chi connectivity index (χ3v) is 4.57. The molecule has 0 atom stereocenters. The van der Waals surface area contributed by atoms with Crippen molar-refractivity contribution in [1.29, 1.82) is 0 Å². The van der Waals surface area contributed by atoms with Gasteiger partial charge < -0.3 is 10.0 Å². The fourth-order valence-corrected chi connectivity index (χ4v) is 3.43. The minimum absolute atomic E-state index is 0.102. The molecule has 17 heavy (non-hydrogen) atoms. The number of rotatable bonds is 5. The Morgan fingerprint density at radius 1 is 1.24 bits per heavy atom. The molecule has 2 rings (SSSR count). The summed E-state index contributed by atoms with van der Waals surface area (Å²) in [5.41, 5.74) is 0. The number of sulfonamides is 1. The lowest BCUT2D eigenvalue weighted by Crippen LogP contribution is -2.46. The van der Waals surface area contributed by atoms with Gasteiger partial charge in [0.2, 0.25) is 10.0 Å². The maximum absolute atomic E-state index is 11.4. The van der Waals surface area contributed by atoms with Crippen molar-refractivity contribution in [2.45, 2.75) is 37.8 Å². The van der Waals surface area contributed by atoms with E-state index in [-0.39, 0.29) is 6.04 Å². The van der Waals surface area contributed by atoms with Gasteiger partial charge in [-0.25, -0.2) is 13.1 Å². The van der Waals surface area contributed by atoms with Crippen LogP contribution in [0, 0.1) is 0 Å². The van der Waals surface area contributed by atoms with Crippen molar-refractivity contribution in [3.8, 4) is 0 Å². The summed E-state index contributed by atoms with van der Waals surface area (Å²) in [6.45, 7) is 1.82. The van der Waals surface area contributed by atoms with Crippen LogP contribution in [0.15, 0.2) is 0 Å². The van der Waals surface area contributed by atoms with Crippen molar-refractivity contribution >= 4 is 16.0 Å². The van der Waals surface area contributed by atoms with E-state index in [1.165, 1.54) is 12.8 Å². The number of nitrogens with one attached hydrogen (secondary N) is 1. The number of aliphatic carboxylic acids is 1.